The molecular weight excluding hydrogens is 391 g/mol. The molecule has 3 rings (SSSR count). The Bertz CT molecular complexity index is 1030. The number of rotatable bonds is 3. The fourth-order valence-electron chi connectivity index (χ4n) is 2.51. The first kappa shape index (κ1) is 19.8. The zero-order valence-electron chi connectivity index (χ0n) is 14.9. The molecule has 144 valence electrons. The number of hydrogen-bond donors (Lipinski definition) is 1. The van der Waals surface area contributed by atoms with Gasteiger partial charge in [0.1, 0.15) is 0 Å². The normalized spacial score (nSPS) is 11.4. The molecule has 0 atom stereocenters. The quantitative estimate of drug-likeness (QED) is 0.609. The van der Waals surface area contributed by atoms with Crippen LogP contribution in [0.5, 0.6) is 0 Å². The molecule has 0 saturated carbocycles. The Morgan fingerprint density at radius 3 is 2.32 bits per heavy atom. The number of halogens is 4. The van der Waals surface area contributed by atoms with Crippen molar-refractivity contribution in [3.8, 4) is 11.4 Å². The number of aromatic nitrogens is 2. The van der Waals surface area contributed by atoms with E-state index in [0.717, 1.165) is 17.7 Å². The number of aryl methyl sites for hydroxylation is 2. The van der Waals surface area contributed by atoms with Crippen molar-refractivity contribution in [2.75, 3.05) is 5.32 Å². The number of amides is 1. The number of nitrogens with zero attached hydrogens (tertiary/aromatic N) is 2. The van der Waals surface area contributed by atoms with Crippen LogP contribution in [0.2, 0.25) is 5.02 Å². The molecule has 1 N–H and O–H groups in total. The Kier molecular flexibility index (Phi) is 5.38. The lowest BCUT2D eigenvalue weighted by Gasteiger charge is -2.10. The van der Waals surface area contributed by atoms with Gasteiger partial charge in [-0.3, -0.25) is 4.79 Å². The second-order valence-electron chi connectivity index (χ2n) is 6.19. The van der Waals surface area contributed by atoms with Gasteiger partial charge in [-0.25, -0.2) is 9.97 Å². The minimum atomic E-state index is -4.41. The fourth-order valence-corrected chi connectivity index (χ4v) is 2.69. The first-order valence-electron chi connectivity index (χ1n) is 8.24. The van der Waals surface area contributed by atoms with E-state index in [1.807, 2.05) is 6.92 Å². The molecule has 0 aliphatic rings. The Hall–Kier alpha value is -2.93. The highest BCUT2D eigenvalue weighted by Gasteiger charge is 2.30. The van der Waals surface area contributed by atoms with E-state index in [0.29, 0.717) is 22.0 Å². The molecule has 0 unspecified atom stereocenters. The van der Waals surface area contributed by atoms with Crippen LogP contribution in [0.15, 0.2) is 48.7 Å². The smallest absolute Gasteiger partial charge is 0.322 e. The molecule has 0 aliphatic carbocycles. The monoisotopic (exact) mass is 405 g/mol. The van der Waals surface area contributed by atoms with E-state index in [4.69, 9.17) is 11.6 Å². The Labute approximate surface area is 164 Å². The summed E-state index contributed by atoms with van der Waals surface area (Å²) in [5, 5.41) is 3.25. The van der Waals surface area contributed by atoms with Gasteiger partial charge in [0.15, 0.2) is 5.82 Å². The predicted octanol–water partition coefficient (Wildman–Crippen LogP) is 5.68. The van der Waals surface area contributed by atoms with Crippen molar-refractivity contribution in [2.45, 2.75) is 20.0 Å². The maximum Gasteiger partial charge on any atom is 0.416 e. The average molecular weight is 406 g/mol. The van der Waals surface area contributed by atoms with Gasteiger partial charge in [-0.1, -0.05) is 29.8 Å². The maximum atomic E-state index is 12.7. The van der Waals surface area contributed by atoms with Gasteiger partial charge in [0.05, 0.1) is 16.8 Å². The zero-order valence-corrected chi connectivity index (χ0v) is 15.7. The van der Waals surface area contributed by atoms with Crippen LogP contribution in [0.3, 0.4) is 0 Å². The SMILES string of the molecule is Cc1ccc(NC(=O)c2cnc(-c3ccc(C(F)(F)F)cc3)nc2C)cc1Cl. The average Bonchev–Trinajstić information content (AvgIpc) is 2.64. The van der Waals surface area contributed by atoms with E-state index in [-0.39, 0.29) is 11.4 Å². The minimum Gasteiger partial charge on any atom is -0.322 e. The topological polar surface area (TPSA) is 54.9 Å². The van der Waals surface area contributed by atoms with Gasteiger partial charge < -0.3 is 5.32 Å². The van der Waals surface area contributed by atoms with Crippen LogP contribution < -0.4 is 5.32 Å². The summed E-state index contributed by atoms with van der Waals surface area (Å²) in [7, 11) is 0. The zero-order chi connectivity index (χ0) is 20.5. The first-order valence-corrected chi connectivity index (χ1v) is 8.62. The van der Waals surface area contributed by atoms with E-state index in [9.17, 15) is 18.0 Å². The summed E-state index contributed by atoms with van der Waals surface area (Å²) < 4.78 is 38.0. The van der Waals surface area contributed by atoms with Crippen LogP contribution in [0.1, 0.15) is 27.2 Å². The van der Waals surface area contributed by atoms with Crippen molar-refractivity contribution in [3.05, 3.63) is 76.1 Å². The molecule has 4 nitrogen and oxygen atoms in total. The molecule has 8 heteroatoms. The fraction of sp³-hybridized carbons (Fsp3) is 0.150. The minimum absolute atomic E-state index is 0.237. The lowest BCUT2D eigenvalue weighted by atomic mass is 10.1. The van der Waals surface area contributed by atoms with Crippen LogP contribution in [0.4, 0.5) is 18.9 Å². The van der Waals surface area contributed by atoms with E-state index < -0.39 is 17.6 Å². The number of alkyl halides is 3. The lowest BCUT2D eigenvalue weighted by molar-refractivity contribution is -0.137. The second-order valence-corrected chi connectivity index (χ2v) is 6.59. The van der Waals surface area contributed by atoms with Crippen LogP contribution in [0.25, 0.3) is 11.4 Å². The summed E-state index contributed by atoms with van der Waals surface area (Å²) >= 11 is 6.06. The molecule has 1 aromatic heterocycles. The number of nitrogens with one attached hydrogen (secondary N) is 1. The summed E-state index contributed by atoms with van der Waals surface area (Å²) in [6.07, 6.45) is -3.06. The second kappa shape index (κ2) is 7.59. The van der Waals surface area contributed by atoms with Crippen molar-refractivity contribution in [3.63, 3.8) is 0 Å². The van der Waals surface area contributed by atoms with Crippen LogP contribution in [-0.4, -0.2) is 15.9 Å². The van der Waals surface area contributed by atoms with Crippen molar-refractivity contribution >= 4 is 23.2 Å². The van der Waals surface area contributed by atoms with Gasteiger partial charge in [-0.15, -0.1) is 0 Å². The van der Waals surface area contributed by atoms with Gasteiger partial charge >= 0.3 is 6.18 Å². The third kappa shape index (κ3) is 4.31. The number of anilines is 1. The van der Waals surface area contributed by atoms with Crippen LogP contribution >= 0.6 is 11.6 Å². The summed E-state index contributed by atoms with van der Waals surface area (Å²) in [6, 6.07) is 9.69. The van der Waals surface area contributed by atoms with Gasteiger partial charge in [-0.05, 0) is 43.7 Å². The van der Waals surface area contributed by atoms with Gasteiger partial charge in [-0.2, -0.15) is 13.2 Å². The van der Waals surface area contributed by atoms with E-state index in [2.05, 4.69) is 15.3 Å². The van der Waals surface area contributed by atoms with Crippen molar-refractivity contribution in [2.24, 2.45) is 0 Å². The lowest BCUT2D eigenvalue weighted by Crippen LogP contribution is -2.15. The van der Waals surface area contributed by atoms with E-state index >= 15 is 0 Å². The highest BCUT2D eigenvalue weighted by Crippen LogP contribution is 2.30. The van der Waals surface area contributed by atoms with Crippen LogP contribution in [0, 0.1) is 13.8 Å². The highest BCUT2D eigenvalue weighted by atomic mass is 35.5. The molecule has 0 fully saturated rings. The molecule has 3 aromatic rings. The molecule has 1 amide bonds. The summed E-state index contributed by atoms with van der Waals surface area (Å²) in [6.45, 7) is 3.48. The van der Waals surface area contributed by atoms with E-state index in [1.54, 1.807) is 25.1 Å². The van der Waals surface area contributed by atoms with Crippen molar-refractivity contribution in [1.29, 1.82) is 0 Å². The molecule has 2 aromatic carbocycles. The largest absolute Gasteiger partial charge is 0.416 e. The van der Waals surface area contributed by atoms with Crippen molar-refractivity contribution in [1.82, 2.24) is 9.97 Å². The molecule has 0 spiro atoms. The molecular formula is C20H15ClF3N3O. The number of carbonyl (C=O) groups excluding carboxylic acids is 1. The summed E-state index contributed by atoms with van der Waals surface area (Å²) in [5.74, 6) is -0.169. The molecule has 0 radical (unpaired) electrons. The molecule has 1 heterocycles. The molecule has 0 aliphatic heterocycles. The van der Waals surface area contributed by atoms with E-state index in [1.165, 1.54) is 18.3 Å². The van der Waals surface area contributed by atoms with Crippen LogP contribution in [-0.2, 0) is 6.18 Å². The van der Waals surface area contributed by atoms with Crippen molar-refractivity contribution < 1.29 is 18.0 Å². The Balaban J connectivity index is 1.81. The molecule has 0 bridgehead atoms. The summed E-state index contributed by atoms with van der Waals surface area (Å²) in [4.78, 5) is 20.8. The van der Waals surface area contributed by atoms with Gasteiger partial charge in [0, 0.05) is 22.5 Å². The standard InChI is InChI=1S/C20H15ClF3N3O/c1-11-3-8-15(9-17(11)21)27-19(28)16-10-25-18(26-12(16)2)13-4-6-14(7-5-13)20(22,23)24/h3-10H,1-2H3,(H,27,28). The maximum absolute atomic E-state index is 12.7. The number of hydrogen-bond acceptors (Lipinski definition) is 3. The first-order chi connectivity index (χ1) is 13.1. The summed E-state index contributed by atoms with van der Waals surface area (Å²) in [5.41, 5.74) is 1.76. The molecule has 0 saturated heterocycles. The Morgan fingerprint density at radius 1 is 1.07 bits per heavy atom. The van der Waals surface area contributed by atoms with Gasteiger partial charge in [0.2, 0.25) is 0 Å². The predicted molar refractivity (Wildman–Crippen MR) is 101 cm³/mol. The third-order valence-corrected chi connectivity index (χ3v) is 4.53. The van der Waals surface area contributed by atoms with Gasteiger partial charge in [0.25, 0.3) is 5.91 Å². The highest BCUT2D eigenvalue weighted by molar-refractivity contribution is 6.31. The number of benzene rings is 2. The molecule has 28 heavy (non-hydrogen) atoms. The Morgan fingerprint density at radius 2 is 1.75 bits per heavy atom. The third-order valence-electron chi connectivity index (χ3n) is 4.12. The number of carbonyl (C=O) groups is 1.